The molecule has 1 aliphatic rings. The van der Waals surface area contributed by atoms with Crippen LogP contribution in [0, 0.1) is 11.6 Å². The van der Waals surface area contributed by atoms with Gasteiger partial charge in [0.25, 0.3) is 0 Å². The fraction of sp³-hybridized carbons (Fsp3) is 0.250. The van der Waals surface area contributed by atoms with Crippen LogP contribution in [0.2, 0.25) is 0 Å². The van der Waals surface area contributed by atoms with E-state index in [4.69, 9.17) is 0 Å². The van der Waals surface area contributed by atoms with Gasteiger partial charge in [0.2, 0.25) is 10.0 Å². The van der Waals surface area contributed by atoms with Gasteiger partial charge in [-0.3, -0.25) is 0 Å². The van der Waals surface area contributed by atoms with Crippen LogP contribution in [0.25, 0.3) is 0 Å². The molecule has 0 saturated carbocycles. The zero-order valence-electron chi connectivity index (χ0n) is 12.7. The van der Waals surface area contributed by atoms with E-state index in [-0.39, 0.29) is 18.8 Å². The third-order valence-electron chi connectivity index (χ3n) is 3.98. The summed E-state index contributed by atoms with van der Waals surface area (Å²) in [5.41, 5.74) is 0.603. The van der Waals surface area contributed by atoms with Gasteiger partial charge in [0.05, 0.1) is 5.69 Å². The fourth-order valence-corrected chi connectivity index (χ4v) is 4.29. The van der Waals surface area contributed by atoms with Crippen molar-refractivity contribution >= 4 is 15.7 Å². The molecule has 1 saturated heterocycles. The van der Waals surface area contributed by atoms with Crippen LogP contribution in [-0.4, -0.2) is 44.0 Å². The van der Waals surface area contributed by atoms with Gasteiger partial charge in [-0.25, -0.2) is 17.2 Å². The van der Waals surface area contributed by atoms with E-state index in [0.29, 0.717) is 18.8 Å². The average molecular weight is 354 g/mol. The molecular weight excluding hydrogens is 338 g/mol. The summed E-state index contributed by atoms with van der Waals surface area (Å²) < 4.78 is 53.7. The molecule has 8 heteroatoms. The Labute approximate surface area is 138 Å². The van der Waals surface area contributed by atoms with Gasteiger partial charge in [-0.2, -0.15) is 4.31 Å². The summed E-state index contributed by atoms with van der Waals surface area (Å²) in [5.74, 6) is -2.09. The predicted molar refractivity (Wildman–Crippen MR) is 85.4 cm³/mol. The van der Waals surface area contributed by atoms with Gasteiger partial charge >= 0.3 is 0 Å². The first kappa shape index (κ1) is 16.7. The summed E-state index contributed by atoms with van der Waals surface area (Å²) in [6, 6.07) is 9.72. The molecule has 1 aliphatic heterocycles. The number of piperazine rings is 1. The molecule has 0 atom stereocenters. The van der Waals surface area contributed by atoms with Crippen LogP contribution in [0.5, 0.6) is 5.75 Å². The summed E-state index contributed by atoms with van der Waals surface area (Å²) in [5, 5.41) is 9.87. The minimum Gasteiger partial charge on any atom is -0.506 e. The van der Waals surface area contributed by atoms with Gasteiger partial charge in [0.15, 0.2) is 4.90 Å². The molecule has 3 rings (SSSR count). The number of hydrogen-bond donors (Lipinski definition) is 1. The van der Waals surface area contributed by atoms with E-state index in [0.717, 1.165) is 22.5 Å². The van der Waals surface area contributed by atoms with Crippen molar-refractivity contribution in [2.24, 2.45) is 0 Å². The summed E-state index contributed by atoms with van der Waals surface area (Å²) >= 11 is 0. The number of halogens is 2. The smallest absolute Gasteiger partial charge is 0.249 e. The number of phenols is 1. The van der Waals surface area contributed by atoms with Crippen LogP contribution in [0.3, 0.4) is 0 Å². The van der Waals surface area contributed by atoms with E-state index in [1.807, 2.05) is 4.90 Å². The van der Waals surface area contributed by atoms with Gasteiger partial charge in [0, 0.05) is 26.2 Å². The van der Waals surface area contributed by atoms with E-state index in [2.05, 4.69) is 0 Å². The Morgan fingerprint density at radius 1 is 0.875 bits per heavy atom. The van der Waals surface area contributed by atoms with Crippen molar-refractivity contribution in [1.29, 1.82) is 0 Å². The largest absolute Gasteiger partial charge is 0.506 e. The molecule has 1 fully saturated rings. The molecular formula is C16H16F2N2O3S. The van der Waals surface area contributed by atoms with Gasteiger partial charge in [0.1, 0.15) is 17.4 Å². The first-order valence-electron chi connectivity index (χ1n) is 7.38. The highest BCUT2D eigenvalue weighted by atomic mass is 32.2. The Bertz CT molecular complexity index is 830. The van der Waals surface area contributed by atoms with Crippen molar-refractivity contribution in [3.8, 4) is 5.75 Å². The first-order valence-corrected chi connectivity index (χ1v) is 8.82. The van der Waals surface area contributed by atoms with Crippen molar-refractivity contribution in [2.75, 3.05) is 31.1 Å². The molecule has 5 nitrogen and oxygen atoms in total. The Kier molecular flexibility index (Phi) is 4.42. The second-order valence-corrected chi connectivity index (χ2v) is 7.31. The summed E-state index contributed by atoms with van der Waals surface area (Å²) in [7, 11) is -4.24. The first-order chi connectivity index (χ1) is 11.4. The molecule has 128 valence electrons. The highest BCUT2D eigenvalue weighted by Crippen LogP contribution is 2.29. The van der Waals surface area contributed by atoms with Crippen LogP contribution in [-0.2, 0) is 10.0 Å². The van der Waals surface area contributed by atoms with Crippen LogP contribution in [0.15, 0.2) is 47.4 Å². The van der Waals surface area contributed by atoms with E-state index in [1.165, 1.54) is 0 Å². The standard InChI is InChI=1S/C16H16F2N2O3S/c17-12-4-3-5-13(18)16(12)24(22,23)20-10-8-19(9-11-20)14-6-1-2-7-15(14)21/h1-7,21H,8-11H2. The van der Waals surface area contributed by atoms with Crippen molar-refractivity contribution in [1.82, 2.24) is 4.31 Å². The molecule has 0 aromatic heterocycles. The maximum Gasteiger partial charge on any atom is 0.249 e. The lowest BCUT2D eigenvalue weighted by atomic mass is 10.2. The molecule has 1 N–H and O–H groups in total. The zero-order valence-corrected chi connectivity index (χ0v) is 13.5. The Morgan fingerprint density at radius 2 is 1.46 bits per heavy atom. The fourth-order valence-electron chi connectivity index (χ4n) is 2.76. The quantitative estimate of drug-likeness (QED) is 0.918. The molecule has 0 spiro atoms. The number of aromatic hydroxyl groups is 1. The summed E-state index contributed by atoms with van der Waals surface area (Å²) in [6.07, 6.45) is 0. The molecule has 0 radical (unpaired) electrons. The number of nitrogens with zero attached hydrogens (tertiary/aromatic N) is 2. The van der Waals surface area contributed by atoms with Gasteiger partial charge in [-0.15, -0.1) is 0 Å². The normalized spacial score (nSPS) is 16.3. The number of phenolic OH excluding ortho intramolecular Hbond substituents is 1. The minimum atomic E-state index is -4.24. The van der Waals surface area contributed by atoms with E-state index >= 15 is 0 Å². The Hall–Kier alpha value is -2.19. The highest BCUT2D eigenvalue weighted by molar-refractivity contribution is 7.89. The average Bonchev–Trinajstić information content (AvgIpc) is 2.55. The van der Waals surface area contributed by atoms with Gasteiger partial charge in [-0.05, 0) is 24.3 Å². The summed E-state index contributed by atoms with van der Waals surface area (Å²) in [6.45, 7) is 0.772. The molecule has 2 aromatic rings. The second kappa shape index (κ2) is 6.37. The number of anilines is 1. The number of benzene rings is 2. The Morgan fingerprint density at radius 3 is 2.04 bits per heavy atom. The van der Waals surface area contributed by atoms with E-state index < -0.39 is 26.6 Å². The third-order valence-corrected chi connectivity index (χ3v) is 5.93. The van der Waals surface area contributed by atoms with Crippen molar-refractivity contribution in [3.63, 3.8) is 0 Å². The lowest BCUT2D eigenvalue weighted by Crippen LogP contribution is -2.49. The topological polar surface area (TPSA) is 60.9 Å². The number of hydrogen-bond acceptors (Lipinski definition) is 4. The second-order valence-electron chi connectivity index (χ2n) is 5.43. The molecule has 0 unspecified atom stereocenters. The van der Waals surface area contributed by atoms with Gasteiger partial charge < -0.3 is 10.0 Å². The Balaban J connectivity index is 1.81. The molecule has 1 heterocycles. The number of rotatable bonds is 3. The van der Waals surface area contributed by atoms with Crippen LogP contribution in [0.4, 0.5) is 14.5 Å². The van der Waals surface area contributed by atoms with Crippen LogP contribution in [0.1, 0.15) is 0 Å². The number of sulfonamides is 1. The maximum atomic E-state index is 13.8. The monoisotopic (exact) mass is 354 g/mol. The zero-order chi connectivity index (χ0) is 17.3. The molecule has 24 heavy (non-hydrogen) atoms. The van der Waals surface area contributed by atoms with Crippen molar-refractivity contribution in [3.05, 3.63) is 54.1 Å². The molecule has 0 aliphatic carbocycles. The van der Waals surface area contributed by atoms with E-state index in [9.17, 15) is 22.3 Å². The third kappa shape index (κ3) is 2.94. The molecule has 0 amide bonds. The van der Waals surface area contributed by atoms with Crippen molar-refractivity contribution in [2.45, 2.75) is 4.90 Å². The lowest BCUT2D eigenvalue weighted by Gasteiger charge is -2.35. The van der Waals surface area contributed by atoms with Crippen LogP contribution >= 0.6 is 0 Å². The maximum absolute atomic E-state index is 13.8. The van der Waals surface area contributed by atoms with Crippen molar-refractivity contribution < 1.29 is 22.3 Å². The lowest BCUT2D eigenvalue weighted by molar-refractivity contribution is 0.376. The minimum absolute atomic E-state index is 0.0739. The summed E-state index contributed by atoms with van der Waals surface area (Å²) in [4.78, 5) is 0.917. The van der Waals surface area contributed by atoms with E-state index in [1.54, 1.807) is 24.3 Å². The predicted octanol–water partition coefficient (Wildman–Crippen LogP) is 2.18. The molecule has 0 bridgehead atoms. The SMILES string of the molecule is O=S(=O)(c1c(F)cccc1F)N1CCN(c2ccccc2O)CC1. The van der Waals surface area contributed by atoms with Crippen LogP contribution < -0.4 is 4.90 Å². The van der Waals surface area contributed by atoms with Gasteiger partial charge in [-0.1, -0.05) is 18.2 Å². The number of para-hydroxylation sites is 2. The molecule has 2 aromatic carbocycles. The highest BCUT2D eigenvalue weighted by Gasteiger charge is 2.33.